The van der Waals surface area contributed by atoms with Gasteiger partial charge in [-0.3, -0.25) is 0 Å². The van der Waals surface area contributed by atoms with Crippen LogP contribution in [0.2, 0.25) is 0 Å². The minimum Gasteiger partial charge on any atom is -0.0622 e. The minimum atomic E-state index is 0.901. The first-order valence-electron chi connectivity index (χ1n) is 7.52. The van der Waals surface area contributed by atoms with Crippen LogP contribution in [-0.4, -0.2) is 0 Å². The van der Waals surface area contributed by atoms with Gasteiger partial charge in [0.2, 0.25) is 0 Å². The number of hydrogen-bond donors (Lipinski definition) is 0. The van der Waals surface area contributed by atoms with E-state index in [-0.39, 0.29) is 0 Å². The van der Waals surface area contributed by atoms with Gasteiger partial charge in [0.25, 0.3) is 0 Å². The fourth-order valence-electron chi connectivity index (χ4n) is 3.26. The summed E-state index contributed by atoms with van der Waals surface area (Å²) in [7, 11) is 0. The van der Waals surface area contributed by atoms with Crippen LogP contribution in [0.5, 0.6) is 0 Å². The number of hydrogen-bond acceptors (Lipinski definition) is 0. The first kappa shape index (κ1) is 12.5. The summed E-state index contributed by atoms with van der Waals surface area (Å²) < 4.78 is 0. The lowest BCUT2D eigenvalue weighted by atomic mass is 9.81. The average molecular weight is 250 g/mol. The molecule has 0 heteroatoms. The van der Waals surface area contributed by atoms with Gasteiger partial charge in [0.05, 0.1) is 0 Å². The highest BCUT2D eigenvalue weighted by Gasteiger charge is 2.17. The van der Waals surface area contributed by atoms with Gasteiger partial charge in [-0.1, -0.05) is 54.6 Å². The summed E-state index contributed by atoms with van der Waals surface area (Å²) >= 11 is 0. The molecular formula is C19H22. The van der Waals surface area contributed by atoms with E-state index in [1.807, 2.05) is 0 Å². The van der Waals surface area contributed by atoms with E-state index in [2.05, 4.69) is 54.6 Å². The highest BCUT2D eigenvalue weighted by Crippen LogP contribution is 2.28. The fourth-order valence-corrected chi connectivity index (χ4v) is 3.26. The topological polar surface area (TPSA) is 0 Å². The minimum absolute atomic E-state index is 0.901. The Morgan fingerprint density at radius 1 is 0.842 bits per heavy atom. The summed E-state index contributed by atoms with van der Waals surface area (Å²) in [5, 5.41) is 0. The third kappa shape index (κ3) is 3.26. The maximum absolute atomic E-state index is 2.32. The monoisotopic (exact) mass is 250 g/mol. The van der Waals surface area contributed by atoms with E-state index < -0.39 is 0 Å². The molecule has 0 N–H and O–H groups in total. The number of benzene rings is 2. The predicted molar refractivity (Wildman–Crippen MR) is 81.3 cm³/mol. The summed E-state index contributed by atoms with van der Waals surface area (Å²) in [5.74, 6) is 0.901. The third-order valence-corrected chi connectivity index (χ3v) is 4.37. The molecule has 19 heavy (non-hydrogen) atoms. The number of rotatable bonds is 4. The maximum atomic E-state index is 2.32. The smallest absolute Gasteiger partial charge is 0.0248 e. The molecule has 0 saturated heterocycles. The molecule has 0 aliphatic heterocycles. The Morgan fingerprint density at radius 2 is 1.58 bits per heavy atom. The molecule has 1 atom stereocenters. The quantitative estimate of drug-likeness (QED) is 0.730. The van der Waals surface area contributed by atoms with Crippen molar-refractivity contribution in [3.63, 3.8) is 0 Å². The molecule has 1 aliphatic carbocycles. The summed E-state index contributed by atoms with van der Waals surface area (Å²) in [6.45, 7) is 0. The van der Waals surface area contributed by atoms with Crippen molar-refractivity contribution in [2.45, 2.75) is 38.5 Å². The van der Waals surface area contributed by atoms with Crippen LogP contribution in [0.4, 0.5) is 0 Å². The van der Waals surface area contributed by atoms with E-state index in [9.17, 15) is 0 Å². The Hall–Kier alpha value is -1.56. The zero-order valence-corrected chi connectivity index (χ0v) is 11.5. The van der Waals surface area contributed by atoms with E-state index >= 15 is 0 Å². The molecule has 0 aromatic heterocycles. The molecule has 0 fully saturated rings. The van der Waals surface area contributed by atoms with Crippen molar-refractivity contribution in [3.05, 3.63) is 71.3 Å². The van der Waals surface area contributed by atoms with Crippen LogP contribution >= 0.6 is 0 Å². The van der Waals surface area contributed by atoms with Crippen LogP contribution in [0.3, 0.4) is 0 Å². The fraction of sp³-hybridized carbons (Fsp3) is 0.368. The molecule has 0 radical (unpaired) electrons. The van der Waals surface area contributed by atoms with Crippen LogP contribution in [0.1, 0.15) is 36.0 Å². The van der Waals surface area contributed by atoms with Crippen molar-refractivity contribution in [2.75, 3.05) is 0 Å². The largest absolute Gasteiger partial charge is 0.0622 e. The molecule has 0 spiro atoms. The highest BCUT2D eigenvalue weighted by molar-refractivity contribution is 5.29. The molecule has 2 aromatic carbocycles. The van der Waals surface area contributed by atoms with Gasteiger partial charge in [-0.05, 0) is 61.1 Å². The Kier molecular flexibility index (Phi) is 3.98. The van der Waals surface area contributed by atoms with Gasteiger partial charge in [-0.15, -0.1) is 0 Å². The van der Waals surface area contributed by atoms with Gasteiger partial charge < -0.3 is 0 Å². The molecule has 0 bridgehead atoms. The Bertz CT molecular complexity index is 513. The molecule has 1 aliphatic rings. The average Bonchev–Trinajstić information content (AvgIpc) is 2.48. The van der Waals surface area contributed by atoms with Gasteiger partial charge in [0, 0.05) is 0 Å². The lowest BCUT2D eigenvalue weighted by molar-refractivity contribution is 0.415. The van der Waals surface area contributed by atoms with Crippen molar-refractivity contribution < 1.29 is 0 Å². The Balaban J connectivity index is 1.50. The second kappa shape index (κ2) is 6.06. The zero-order chi connectivity index (χ0) is 12.9. The second-order valence-corrected chi connectivity index (χ2v) is 5.76. The zero-order valence-electron chi connectivity index (χ0n) is 11.5. The van der Waals surface area contributed by atoms with E-state index in [0.717, 1.165) is 5.92 Å². The lowest BCUT2D eigenvalue weighted by Crippen LogP contribution is -2.14. The molecular weight excluding hydrogens is 228 g/mol. The van der Waals surface area contributed by atoms with E-state index in [4.69, 9.17) is 0 Å². The molecule has 2 aromatic rings. The molecule has 0 nitrogen and oxygen atoms in total. The SMILES string of the molecule is c1ccc(CCCC2CCc3ccccc3C2)cc1. The van der Waals surface area contributed by atoms with E-state index in [0.29, 0.717) is 0 Å². The van der Waals surface area contributed by atoms with Gasteiger partial charge in [0.1, 0.15) is 0 Å². The normalized spacial score (nSPS) is 18.0. The van der Waals surface area contributed by atoms with Crippen LogP contribution in [-0.2, 0) is 19.3 Å². The van der Waals surface area contributed by atoms with Crippen molar-refractivity contribution in [1.29, 1.82) is 0 Å². The predicted octanol–water partition coefficient (Wildman–Crippen LogP) is 4.81. The first-order valence-corrected chi connectivity index (χ1v) is 7.52. The summed E-state index contributed by atoms with van der Waals surface area (Å²) in [5.41, 5.74) is 4.67. The third-order valence-electron chi connectivity index (χ3n) is 4.37. The van der Waals surface area contributed by atoms with Gasteiger partial charge in [-0.25, -0.2) is 0 Å². The first-order chi connectivity index (χ1) is 9.42. The summed E-state index contributed by atoms with van der Waals surface area (Å²) in [4.78, 5) is 0. The van der Waals surface area contributed by atoms with Crippen molar-refractivity contribution in [3.8, 4) is 0 Å². The molecule has 98 valence electrons. The van der Waals surface area contributed by atoms with E-state index in [1.165, 1.54) is 44.1 Å². The Labute approximate surface area is 116 Å². The summed E-state index contributed by atoms with van der Waals surface area (Å²) in [6, 6.07) is 19.9. The number of fused-ring (bicyclic) bond motifs is 1. The van der Waals surface area contributed by atoms with Crippen molar-refractivity contribution in [2.24, 2.45) is 5.92 Å². The molecule has 0 amide bonds. The van der Waals surface area contributed by atoms with Crippen LogP contribution in [0.15, 0.2) is 54.6 Å². The van der Waals surface area contributed by atoms with Crippen LogP contribution in [0, 0.1) is 5.92 Å². The van der Waals surface area contributed by atoms with Gasteiger partial charge >= 0.3 is 0 Å². The van der Waals surface area contributed by atoms with Gasteiger partial charge in [0.15, 0.2) is 0 Å². The van der Waals surface area contributed by atoms with Crippen LogP contribution in [0.25, 0.3) is 0 Å². The molecule has 0 saturated carbocycles. The summed E-state index contributed by atoms with van der Waals surface area (Å²) in [6.07, 6.45) is 7.90. The van der Waals surface area contributed by atoms with Crippen molar-refractivity contribution in [1.82, 2.24) is 0 Å². The van der Waals surface area contributed by atoms with Crippen molar-refractivity contribution >= 4 is 0 Å². The van der Waals surface area contributed by atoms with Crippen LogP contribution < -0.4 is 0 Å². The Morgan fingerprint density at radius 3 is 2.42 bits per heavy atom. The standard InChI is InChI=1S/C19H22/c1-2-7-16(8-3-1)9-6-10-17-13-14-18-11-4-5-12-19(18)15-17/h1-5,7-8,11-12,17H,6,9-10,13-15H2. The molecule has 1 unspecified atom stereocenters. The lowest BCUT2D eigenvalue weighted by Gasteiger charge is -2.24. The van der Waals surface area contributed by atoms with Gasteiger partial charge in [-0.2, -0.15) is 0 Å². The highest BCUT2D eigenvalue weighted by atomic mass is 14.2. The maximum Gasteiger partial charge on any atom is -0.0248 e. The molecule has 3 rings (SSSR count). The van der Waals surface area contributed by atoms with E-state index in [1.54, 1.807) is 11.1 Å². The second-order valence-electron chi connectivity index (χ2n) is 5.76. The number of aryl methyl sites for hydroxylation is 2. The molecule has 0 heterocycles.